The first-order valence-corrected chi connectivity index (χ1v) is 7.76. The van der Waals surface area contributed by atoms with E-state index in [1.807, 2.05) is 30.5 Å². The number of ketones is 1. The maximum absolute atomic E-state index is 11.8. The minimum absolute atomic E-state index is 0.235. The number of thioether (sulfide) groups is 2. The van der Waals surface area contributed by atoms with Crippen molar-refractivity contribution in [1.29, 1.82) is 0 Å². The lowest BCUT2D eigenvalue weighted by molar-refractivity contribution is 0.102. The Morgan fingerprint density at radius 2 is 1.88 bits per heavy atom. The molecular formula is C13H18OS2. The number of carbonyl (C=O) groups is 1. The summed E-state index contributed by atoms with van der Waals surface area (Å²) >= 11 is 3.41. The normalized spacial score (nSPS) is 10.8. The standard InChI is InChI=1S/C13H18OS2/c1-10(2)8-16-9-13(14)11-4-6-12(15-3)7-5-11/h4-7,10H,8-9H2,1-3H3. The molecule has 88 valence electrons. The van der Waals surface area contributed by atoms with Gasteiger partial charge in [0.1, 0.15) is 0 Å². The van der Waals surface area contributed by atoms with Crippen molar-refractivity contribution in [2.45, 2.75) is 18.7 Å². The van der Waals surface area contributed by atoms with Crippen LogP contribution < -0.4 is 0 Å². The second-order valence-corrected chi connectivity index (χ2v) is 5.97. The molecule has 0 fully saturated rings. The molecule has 0 atom stereocenters. The van der Waals surface area contributed by atoms with Crippen LogP contribution in [0.15, 0.2) is 29.2 Å². The van der Waals surface area contributed by atoms with Crippen LogP contribution in [0.4, 0.5) is 0 Å². The molecule has 0 aromatic heterocycles. The molecule has 0 aliphatic rings. The minimum Gasteiger partial charge on any atom is -0.293 e. The van der Waals surface area contributed by atoms with Crippen LogP contribution in [-0.4, -0.2) is 23.5 Å². The molecule has 1 aromatic rings. The van der Waals surface area contributed by atoms with Gasteiger partial charge in [0.25, 0.3) is 0 Å². The maximum atomic E-state index is 11.8. The van der Waals surface area contributed by atoms with E-state index in [2.05, 4.69) is 13.8 Å². The maximum Gasteiger partial charge on any atom is 0.172 e. The van der Waals surface area contributed by atoms with Crippen molar-refractivity contribution in [2.24, 2.45) is 5.92 Å². The molecule has 1 nitrogen and oxygen atoms in total. The minimum atomic E-state index is 0.235. The number of Topliss-reactive ketones (excluding diaryl/α,β-unsaturated/α-hetero) is 1. The molecule has 0 spiro atoms. The van der Waals surface area contributed by atoms with Crippen molar-refractivity contribution >= 4 is 29.3 Å². The fraction of sp³-hybridized carbons (Fsp3) is 0.462. The summed E-state index contributed by atoms with van der Waals surface area (Å²) in [4.78, 5) is 13.0. The van der Waals surface area contributed by atoms with Crippen molar-refractivity contribution in [3.8, 4) is 0 Å². The predicted octanol–water partition coefficient (Wildman–Crippen LogP) is 3.98. The molecule has 0 aliphatic carbocycles. The Bertz CT molecular complexity index is 330. The molecule has 0 radical (unpaired) electrons. The molecule has 0 N–H and O–H groups in total. The third-order valence-corrected chi connectivity index (χ3v) is 4.21. The molecule has 0 aliphatic heterocycles. The zero-order valence-electron chi connectivity index (χ0n) is 10.0. The second kappa shape index (κ2) is 7.02. The van der Waals surface area contributed by atoms with E-state index in [9.17, 15) is 4.79 Å². The monoisotopic (exact) mass is 254 g/mol. The SMILES string of the molecule is CSc1ccc(C(=O)CSCC(C)C)cc1. The molecule has 3 heteroatoms. The fourth-order valence-electron chi connectivity index (χ4n) is 1.25. The van der Waals surface area contributed by atoms with Crippen molar-refractivity contribution in [3.63, 3.8) is 0 Å². The summed E-state index contributed by atoms with van der Waals surface area (Å²) < 4.78 is 0. The number of hydrogen-bond acceptors (Lipinski definition) is 3. The average molecular weight is 254 g/mol. The second-order valence-electron chi connectivity index (χ2n) is 4.06. The molecule has 1 rings (SSSR count). The molecule has 0 saturated carbocycles. The van der Waals surface area contributed by atoms with Gasteiger partial charge in [-0.2, -0.15) is 11.8 Å². The van der Waals surface area contributed by atoms with Crippen molar-refractivity contribution in [2.75, 3.05) is 17.8 Å². The van der Waals surface area contributed by atoms with Crippen LogP contribution in [-0.2, 0) is 0 Å². The Balaban J connectivity index is 2.46. The lowest BCUT2D eigenvalue weighted by atomic mass is 10.1. The van der Waals surface area contributed by atoms with Crippen molar-refractivity contribution in [1.82, 2.24) is 0 Å². The Kier molecular flexibility index (Phi) is 5.99. The summed E-state index contributed by atoms with van der Waals surface area (Å²) in [5.74, 6) is 2.53. The summed E-state index contributed by atoms with van der Waals surface area (Å²) in [5, 5.41) is 0. The van der Waals surface area contributed by atoms with Gasteiger partial charge in [-0.15, -0.1) is 11.8 Å². The summed E-state index contributed by atoms with van der Waals surface area (Å²) in [6.45, 7) is 4.34. The zero-order chi connectivity index (χ0) is 12.0. The zero-order valence-corrected chi connectivity index (χ0v) is 11.7. The first-order valence-electron chi connectivity index (χ1n) is 5.38. The van der Waals surface area contributed by atoms with E-state index >= 15 is 0 Å². The van der Waals surface area contributed by atoms with E-state index in [-0.39, 0.29) is 5.78 Å². The molecule has 16 heavy (non-hydrogen) atoms. The van der Waals surface area contributed by atoms with Gasteiger partial charge in [-0.25, -0.2) is 0 Å². The Labute approximate surface area is 106 Å². The molecule has 0 saturated heterocycles. The molecule has 0 bridgehead atoms. The van der Waals surface area contributed by atoms with E-state index in [1.54, 1.807) is 23.5 Å². The highest BCUT2D eigenvalue weighted by Crippen LogP contribution is 2.16. The number of rotatable bonds is 6. The fourth-order valence-corrected chi connectivity index (χ4v) is 2.60. The van der Waals surface area contributed by atoms with Crippen molar-refractivity contribution < 1.29 is 4.79 Å². The number of carbonyl (C=O) groups excluding carboxylic acids is 1. The third kappa shape index (κ3) is 4.62. The largest absolute Gasteiger partial charge is 0.293 e. The van der Waals surface area contributed by atoms with Gasteiger partial charge < -0.3 is 0 Å². The first kappa shape index (κ1) is 13.7. The van der Waals surface area contributed by atoms with Gasteiger partial charge in [0.15, 0.2) is 5.78 Å². The first-order chi connectivity index (χ1) is 7.63. The van der Waals surface area contributed by atoms with Crippen LogP contribution in [0, 0.1) is 5.92 Å². The van der Waals surface area contributed by atoms with Crippen LogP contribution in [0.1, 0.15) is 24.2 Å². The number of hydrogen-bond donors (Lipinski definition) is 0. The lowest BCUT2D eigenvalue weighted by Crippen LogP contribution is -2.04. The van der Waals surface area contributed by atoms with E-state index in [0.29, 0.717) is 11.7 Å². The molecule has 0 heterocycles. The van der Waals surface area contributed by atoms with Crippen LogP contribution in [0.25, 0.3) is 0 Å². The smallest absolute Gasteiger partial charge is 0.172 e. The highest BCUT2D eigenvalue weighted by molar-refractivity contribution is 8.00. The van der Waals surface area contributed by atoms with Gasteiger partial charge in [-0.05, 0) is 30.1 Å². The summed E-state index contributed by atoms with van der Waals surface area (Å²) in [6, 6.07) is 7.85. The van der Waals surface area contributed by atoms with E-state index < -0.39 is 0 Å². The summed E-state index contributed by atoms with van der Waals surface area (Å²) in [7, 11) is 0. The average Bonchev–Trinajstić information content (AvgIpc) is 2.28. The molecule has 0 unspecified atom stereocenters. The highest BCUT2D eigenvalue weighted by Gasteiger charge is 2.06. The van der Waals surface area contributed by atoms with Gasteiger partial charge in [-0.3, -0.25) is 4.79 Å². The van der Waals surface area contributed by atoms with Gasteiger partial charge in [-0.1, -0.05) is 26.0 Å². The van der Waals surface area contributed by atoms with Crippen LogP contribution >= 0.6 is 23.5 Å². The van der Waals surface area contributed by atoms with Crippen molar-refractivity contribution in [3.05, 3.63) is 29.8 Å². The van der Waals surface area contributed by atoms with Crippen LogP contribution in [0.2, 0.25) is 0 Å². The summed E-state index contributed by atoms with van der Waals surface area (Å²) in [6.07, 6.45) is 2.04. The van der Waals surface area contributed by atoms with E-state index in [1.165, 1.54) is 4.90 Å². The Morgan fingerprint density at radius 3 is 2.38 bits per heavy atom. The van der Waals surface area contributed by atoms with Gasteiger partial charge in [0.05, 0.1) is 5.75 Å². The molecule has 1 aromatic carbocycles. The lowest BCUT2D eigenvalue weighted by Gasteiger charge is -2.04. The summed E-state index contributed by atoms with van der Waals surface area (Å²) in [5.41, 5.74) is 0.828. The van der Waals surface area contributed by atoms with E-state index in [4.69, 9.17) is 0 Å². The Hall–Kier alpha value is -0.410. The third-order valence-electron chi connectivity index (χ3n) is 2.10. The van der Waals surface area contributed by atoms with Gasteiger partial charge in [0.2, 0.25) is 0 Å². The Morgan fingerprint density at radius 1 is 1.25 bits per heavy atom. The molecular weight excluding hydrogens is 236 g/mol. The predicted molar refractivity (Wildman–Crippen MR) is 74.7 cm³/mol. The molecule has 0 amide bonds. The quantitative estimate of drug-likeness (QED) is 0.564. The topological polar surface area (TPSA) is 17.1 Å². The number of benzene rings is 1. The van der Waals surface area contributed by atoms with Gasteiger partial charge in [0, 0.05) is 10.5 Å². The van der Waals surface area contributed by atoms with Crippen LogP contribution in [0.5, 0.6) is 0 Å². The van der Waals surface area contributed by atoms with E-state index in [0.717, 1.165) is 11.3 Å². The highest BCUT2D eigenvalue weighted by atomic mass is 32.2. The van der Waals surface area contributed by atoms with Gasteiger partial charge >= 0.3 is 0 Å². The van der Waals surface area contributed by atoms with Crippen LogP contribution in [0.3, 0.4) is 0 Å².